The number of nitrogens with zero attached hydrogens (tertiary/aromatic N) is 1. The van der Waals surface area contributed by atoms with Crippen molar-refractivity contribution in [2.45, 2.75) is 25.3 Å². The molecule has 1 rings (SSSR count). The molecule has 1 heterocycles. The lowest BCUT2D eigenvalue weighted by atomic mass is 10.1. The van der Waals surface area contributed by atoms with E-state index in [1.54, 1.807) is 5.43 Å². The van der Waals surface area contributed by atoms with E-state index in [1.165, 1.54) is 11.3 Å². The van der Waals surface area contributed by atoms with Crippen molar-refractivity contribution in [3.63, 3.8) is 0 Å². The van der Waals surface area contributed by atoms with Gasteiger partial charge in [0.15, 0.2) is 5.03 Å². The number of aldehydes is 1. The minimum absolute atomic E-state index is 0.226. The van der Waals surface area contributed by atoms with Crippen LogP contribution in [0.1, 0.15) is 18.4 Å². The van der Waals surface area contributed by atoms with Gasteiger partial charge in [0.1, 0.15) is 6.29 Å². The molecule has 1 atom stereocenters. The molecule has 0 saturated heterocycles. The first kappa shape index (κ1) is 17.6. The fourth-order valence-corrected chi connectivity index (χ4v) is 2.35. The lowest BCUT2D eigenvalue weighted by molar-refractivity contribution is -0.525. The van der Waals surface area contributed by atoms with E-state index in [9.17, 15) is 19.7 Å². The highest BCUT2D eigenvalue weighted by molar-refractivity contribution is 7.07. The monoisotopic (exact) mass is 327 g/mol. The van der Waals surface area contributed by atoms with Gasteiger partial charge in [0.25, 0.3) is 5.96 Å². The molecule has 0 aromatic carbocycles. The van der Waals surface area contributed by atoms with E-state index in [0.29, 0.717) is 19.1 Å². The SMILES string of the molecule is N=C(NCCCC(C=O)NC(=O)Cc1ccsc1)N[N+](=O)[O-]. The lowest BCUT2D eigenvalue weighted by Gasteiger charge is -2.12. The second-order valence-corrected chi connectivity index (χ2v) is 5.21. The highest BCUT2D eigenvalue weighted by Gasteiger charge is 2.12. The molecule has 22 heavy (non-hydrogen) atoms. The molecule has 0 saturated carbocycles. The zero-order chi connectivity index (χ0) is 16.4. The maximum atomic E-state index is 11.7. The second-order valence-electron chi connectivity index (χ2n) is 4.43. The van der Waals surface area contributed by atoms with Gasteiger partial charge in [-0.05, 0) is 35.2 Å². The van der Waals surface area contributed by atoms with E-state index in [4.69, 9.17) is 5.41 Å². The first-order chi connectivity index (χ1) is 10.5. The zero-order valence-electron chi connectivity index (χ0n) is 11.7. The van der Waals surface area contributed by atoms with E-state index < -0.39 is 17.0 Å². The van der Waals surface area contributed by atoms with Crippen molar-refractivity contribution in [2.24, 2.45) is 0 Å². The Balaban J connectivity index is 2.21. The van der Waals surface area contributed by atoms with Crippen LogP contribution in [0.15, 0.2) is 16.8 Å². The number of guanidine groups is 1. The molecule has 9 nitrogen and oxygen atoms in total. The van der Waals surface area contributed by atoms with Crippen molar-refractivity contribution >= 4 is 29.5 Å². The Morgan fingerprint density at radius 3 is 2.91 bits per heavy atom. The molecule has 120 valence electrons. The summed E-state index contributed by atoms with van der Waals surface area (Å²) in [5, 5.41) is 25.2. The fourth-order valence-electron chi connectivity index (χ4n) is 1.68. The summed E-state index contributed by atoms with van der Waals surface area (Å²) in [7, 11) is 0. The average molecular weight is 327 g/mol. The Kier molecular flexibility index (Phi) is 7.54. The van der Waals surface area contributed by atoms with Gasteiger partial charge >= 0.3 is 0 Å². The summed E-state index contributed by atoms with van der Waals surface area (Å²) in [4.78, 5) is 32.8. The number of carbonyl (C=O) groups excluding carboxylic acids is 2. The summed E-state index contributed by atoms with van der Waals surface area (Å²) in [6.45, 7) is 0.282. The fraction of sp³-hybridized carbons (Fsp3) is 0.417. The van der Waals surface area contributed by atoms with E-state index in [0.717, 1.165) is 5.56 Å². The van der Waals surface area contributed by atoms with Gasteiger partial charge in [-0.2, -0.15) is 11.3 Å². The first-order valence-corrected chi connectivity index (χ1v) is 7.44. The highest BCUT2D eigenvalue weighted by Crippen LogP contribution is 2.06. The zero-order valence-corrected chi connectivity index (χ0v) is 12.5. The van der Waals surface area contributed by atoms with Crippen molar-refractivity contribution in [1.82, 2.24) is 16.1 Å². The Morgan fingerprint density at radius 1 is 1.55 bits per heavy atom. The van der Waals surface area contributed by atoms with E-state index in [-0.39, 0.29) is 18.9 Å². The Labute approximate surface area is 130 Å². The Morgan fingerprint density at radius 2 is 2.32 bits per heavy atom. The predicted molar refractivity (Wildman–Crippen MR) is 81.1 cm³/mol. The molecule has 1 amide bonds. The average Bonchev–Trinajstić information content (AvgIpc) is 2.94. The molecule has 0 aliphatic rings. The van der Waals surface area contributed by atoms with Gasteiger partial charge in [-0.15, -0.1) is 0 Å². The third-order valence-corrected chi connectivity index (χ3v) is 3.38. The molecule has 0 radical (unpaired) electrons. The largest absolute Gasteiger partial charge is 0.352 e. The quantitative estimate of drug-likeness (QED) is 0.126. The molecule has 1 aromatic heterocycles. The summed E-state index contributed by atoms with van der Waals surface area (Å²) in [6.07, 6.45) is 1.75. The third-order valence-electron chi connectivity index (χ3n) is 2.65. The van der Waals surface area contributed by atoms with E-state index in [2.05, 4.69) is 10.6 Å². The number of nitrogens with one attached hydrogen (secondary N) is 4. The molecular formula is C12H17N5O4S. The van der Waals surface area contributed by atoms with Crippen LogP contribution >= 0.6 is 11.3 Å². The molecule has 0 spiro atoms. The van der Waals surface area contributed by atoms with Crippen molar-refractivity contribution in [2.75, 3.05) is 6.54 Å². The first-order valence-electron chi connectivity index (χ1n) is 6.50. The summed E-state index contributed by atoms with van der Waals surface area (Å²) in [5.74, 6) is -0.652. The molecule has 10 heteroatoms. The highest BCUT2D eigenvalue weighted by atomic mass is 32.1. The molecule has 0 aliphatic heterocycles. The van der Waals surface area contributed by atoms with E-state index in [1.807, 2.05) is 16.8 Å². The summed E-state index contributed by atoms with van der Waals surface area (Å²) in [5.41, 5.74) is 2.55. The molecule has 0 aliphatic carbocycles. The van der Waals surface area contributed by atoms with Gasteiger partial charge in [-0.3, -0.25) is 10.2 Å². The number of carbonyl (C=O) groups is 2. The summed E-state index contributed by atoms with van der Waals surface area (Å²) in [6, 6.07) is 1.24. The van der Waals surface area contributed by atoms with Gasteiger partial charge in [0.2, 0.25) is 5.91 Å². The number of nitro groups is 1. The number of hydrogen-bond acceptors (Lipinski definition) is 6. The molecule has 1 unspecified atom stereocenters. The van der Waals surface area contributed by atoms with Crippen LogP contribution in [0.25, 0.3) is 0 Å². The van der Waals surface area contributed by atoms with Gasteiger partial charge in [0.05, 0.1) is 12.5 Å². The topological polar surface area (TPSA) is 137 Å². The normalized spacial score (nSPS) is 11.3. The van der Waals surface area contributed by atoms with Crippen molar-refractivity contribution in [3.05, 3.63) is 32.5 Å². The number of hydrazine groups is 1. The van der Waals surface area contributed by atoms with Crippen LogP contribution in [0.4, 0.5) is 0 Å². The van der Waals surface area contributed by atoms with Crippen molar-refractivity contribution in [1.29, 1.82) is 5.41 Å². The van der Waals surface area contributed by atoms with Gasteiger partial charge in [-0.1, -0.05) is 5.43 Å². The van der Waals surface area contributed by atoms with Crippen LogP contribution in [-0.2, 0) is 16.0 Å². The van der Waals surface area contributed by atoms with Crippen molar-refractivity contribution < 1.29 is 14.6 Å². The number of hydrogen-bond donors (Lipinski definition) is 4. The van der Waals surface area contributed by atoms with Gasteiger partial charge in [0, 0.05) is 6.54 Å². The molecule has 0 fully saturated rings. The standard InChI is InChI=1S/C12H17N5O4S/c13-12(16-17(20)21)14-4-1-2-10(7-18)15-11(19)6-9-3-5-22-8-9/h3,5,7-8,10H,1-2,4,6H2,(H,15,19)(H3,13,14,16). The molecule has 0 bridgehead atoms. The van der Waals surface area contributed by atoms with Gasteiger partial charge < -0.3 is 15.4 Å². The smallest absolute Gasteiger partial charge is 0.251 e. The van der Waals surface area contributed by atoms with Crippen LogP contribution in [0.3, 0.4) is 0 Å². The Bertz CT molecular complexity index is 520. The maximum absolute atomic E-state index is 11.7. The lowest BCUT2D eigenvalue weighted by Crippen LogP contribution is -2.41. The summed E-state index contributed by atoms with van der Waals surface area (Å²) >= 11 is 1.50. The van der Waals surface area contributed by atoms with Crippen molar-refractivity contribution in [3.8, 4) is 0 Å². The van der Waals surface area contributed by atoms with Crippen LogP contribution in [-0.4, -0.2) is 35.8 Å². The summed E-state index contributed by atoms with van der Waals surface area (Å²) < 4.78 is 0. The number of thiophene rings is 1. The maximum Gasteiger partial charge on any atom is 0.251 e. The molecule has 4 N–H and O–H groups in total. The molecule has 1 aromatic rings. The third kappa shape index (κ3) is 7.33. The second kappa shape index (κ2) is 9.45. The van der Waals surface area contributed by atoms with Crippen LogP contribution in [0.5, 0.6) is 0 Å². The Hall–Kier alpha value is -2.49. The van der Waals surface area contributed by atoms with E-state index >= 15 is 0 Å². The van der Waals surface area contributed by atoms with Crippen LogP contribution < -0.4 is 16.1 Å². The minimum Gasteiger partial charge on any atom is -0.352 e. The predicted octanol–water partition coefficient (Wildman–Crippen LogP) is 0.0602. The number of rotatable bonds is 9. The van der Waals surface area contributed by atoms with Crippen LogP contribution in [0.2, 0.25) is 0 Å². The molecular weight excluding hydrogens is 310 g/mol. The number of amides is 1. The van der Waals surface area contributed by atoms with Gasteiger partial charge in [-0.25, -0.2) is 10.1 Å². The van der Waals surface area contributed by atoms with Crippen LogP contribution in [0, 0.1) is 15.5 Å². The minimum atomic E-state index is -0.839.